The van der Waals surface area contributed by atoms with E-state index in [0.717, 1.165) is 46.5 Å². The second-order valence-corrected chi connectivity index (χ2v) is 8.82. The number of benzene rings is 2. The van der Waals surface area contributed by atoms with Crippen molar-refractivity contribution in [2.24, 2.45) is 4.99 Å². The van der Waals surface area contributed by atoms with Gasteiger partial charge in [-0.1, -0.05) is 18.2 Å². The third-order valence-electron chi connectivity index (χ3n) is 6.85. The van der Waals surface area contributed by atoms with E-state index in [9.17, 15) is 9.18 Å². The van der Waals surface area contributed by atoms with Crippen LogP contribution < -0.4 is 0 Å². The zero-order valence-corrected chi connectivity index (χ0v) is 17.4. The number of pyridine rings is 1. The summed E-state index contributed by atoms with van der Waals surface area (Å²) in [6.07, 6.45) is 4.08. The van der Waals surface area contributed by atoms with E-state index in [1.807, 2.05) is 36.2 Å². The first-order valence-electron chi connectivity index (χ1n) is 10.7. The lowest BCUT2D eigenvalue weighted by molar-refractivity contribution is -0.135. The predicted octanol–water partition coefficient (Wildman–Crippen LogP) is 4.45. The fraction of sp³-hybridized carbons (Fsp3) is 0.269. The van der Waals surface area contributed by atoms with Crippen molar-refractivity contribution >= 4 is 11.6 Å². The average Bonchev–Trinajstić information content (AvgIpc) is 3.46. The average molecular weight is 411 g/mol. The molecule has 1 aromatic heterocycles. The Morgan fingerprint density at radius 2 is 1.81 bits per heavy atom. The lowest BCUT2D eigenvalue weighted by Crippen LogP contribution is -2.43. The summed E-state index contributed by atoms with van der Waals surface area (Å²) in [6, 6.07) is 15.1. The minimum atomic E-state index is -0.291. The van der Waals surface area contributed by atoms with E-state index in [4.69, 9.17) is 4.99 Å². The summed E-state index contributed by atoms with van der Waals surface area (Å²) in [5.41, 5.74) is 8.44. The Balaban J connectivity index is 1.36. The standard InChI is InChI=1S/C26H22FN3O/c1-16-10-17(6-9-28-16)25-23-12-20-15-30(24(31)13-18(20)11-19(23)14-29-25)26(7-8-26)21-2-4-22(27)5-3-21/h2-6,9-12H,7-8,13-15H2,1H3. The molecule has 3 aromatic rings. The molecule has 0 bridgehead atoms. The van der Waals surface area contributed by atoms with Gasteiger partial charge >= 0.3 is 0 Å². The maximum Gasteiger partial charge on any atom is 0.228 e. The van der Waals surface area contributed by atoms with Crippen molar-refractivity contribution in [3.8, 4) is 0 Å². The van der Waals surface area contributed by atoms with Crippen LogP contribution in [-0.4, -0.2) is 21.5 Å². The number of nitrogens with zero attached hydrogens (tertiary/aromatic N) is 3. The van der Waals surface area contributed by atoms with Crippen molar-refractivity contribution in [3.63, 3.8) is 0 Å². The highest BCUT2D eigenvalue weighted by atomic mass is 19.1. The first kappa shape index (κ1) is 18.4. The first-order valence-corrected chi connectivity index (χ1v) is 10.7. The number of carbonyl (C=O) groups excluding carboxylic acids is 1. The molecule has 5 heteroatoms. The maximum absolute atomic E-state index is 13.4. The van der Waals surface area contributed by atoms with Gasteiger partial charge in [-0.2, -0.15) is 0 Å². The highest BCUT2D eigenvalue weighted by Crippen LogP contribution is 2.52. The van der Waals surface area contributed by atoms with E-state index in [1.165, 1.54) is 23.3 Å². The Bertz CT molecular complexity index is 1260. The van der Waals surface area contributed by atoms with Crippen LogP contribution in [0.15, 0.2) is 59.7 Å². The van der Waals surface area contributed by atoms with Crippen LogP contribution in [-0.2, 0) is 29.8 Å². The summed E-state index contributed by atoms with van der Waals surface area (Å²) in [7, 11) is 0. The monoisotopic (exact) mass is 411 g/mol. The van der Waals surface area contributed by atoms with Crippen LogP contribution in [0.4, 0.5) is 4.39 Å². The SMILES string of the molecule is Cc1cc(C2=NCc3cc4c(cc32)CN(C2(c3ccc(F)cc3)CC2)C(=O)C4)ccn1. The van der Waals surface area contributed by atoms with Gasteiger partial charge in [0.05, 0.1) is 24.2 Å². The second kappa shape index (κ2) is 6.58. The molecule has 3 aliphatic rings. The van der Waals surface area contributed by atoms with Crippen LogP contribution in [0.2, 0.25) is 0 Å². The summed E-state index contributed by atoms with van der Waals surface area (Å²) < 4.78 is 13.4. The van der Waals surface area contributed by atoms with Gasteiger partial charge in [-0.05, 0) is 72.4 Å². The number of aliphatic imine (C=N–C) groups is 1. The molecule has 3 heterocycles. The predicted molar refractivity (Wildman–Crippen MR) is 116 cm³/mol. The fourth-order valence-corrected chi connectivity index (χ4v) is 5.09. The van der Waals surface area contributed by atoms with Gasteiger partial charge in [0.2, 0.25) is 5.91 Å². The molecule has 2 aromatic carbocycles. The van der Waals surface area contributed by atoms with Crippen LogP contribution in [0.3, 0.4) is 0 Å². The Hall–Kier alpha value is -3.34. The molecule has 0 unspecified atom stereocenters. The third-order valence-corrected chi connectivity index (χ3v) is 6.85. The number of hydrogen-bond acceptors (Lipinski definition) is 3. The molecular weight excluding hydrogens is 389 g/mol. The van der Waals surface area contributed by atoms with Gasteiger partial charge in [0, 0.05) is 29.6 Å². The molecule has 1 saturated carbocycles. The summed E-state index contributed by atoms with van der Waals surface area (Å²) in [5.74, 6) is -0.0956. The first-order chi connectivity index (χ1) is 15.0. The minimum absolute atomic E-state index is 0.151. The highest BCUT2D eigenvalue weighted by Gasteiger charge is 2.52. The normalized spacial score (nSPS) is 18.5. The molecule has 31 heavy (non-hydrogen) atoms. The molecule has 0 radical (unpaired) electrons. The van der Waals surface area contributed by atoms with E-state index in [2.05, 4.69) is 23.2 Å². The van der Waals surface area contributed by atoms with Crippen molar-refractivity contribution < 1.29 is 9.18 Å². The van der Waals surface area contributed by atoms with Crippen molar-refractivity contribution in [2.75, 3.05) is 0 Å². The molecule has 1 fully saturated rings. The minimum Gasteiger partial charge on any atom is -0.328 e. The van der Waals surface area contributed by atoms with E-state index in [1.54, 1.807) is 0 Å². The molecule has 0 N–H and O–H groups in total. The number of amides is 1. The molecule has 2 aliphatic heterocycles. The maximum atomic E-state index is 13.4. The summed E-state index contributed by atoms with van der Waals surface area (Å²) >= 11 is 0. The Morgan fingerprint density at radius 1 is 1.00 bits per heavy atom. The van der Waals surface area contributed by atoms with Gasteiger partial charge < -0.3 is 4.90 Å². The Kier molecular flexibility index (Phi) is 3.91. The smallest absolute Gasteiger partial charge is 0.228 e. The molecule has 0 saturated heterocycles. The Morgan fingerprint density at radius 3 is 2.55 bits per heavy atom. The summed E-state index contributed by atoms with van der Waals surface area (Å²) in [4.78, 5) is 24.2. The summed E-state index contributed by atoms with van der Waals surface area (Å²) in [6.45, 7) is 3.22. The van der Waals surface area contributed by atoms with Crippen LogP contribution in [0.25, 0.3) is 0 Å². The van der Waals surface area contributed by atoms with E-state index < -0.39 is 0 Å². The number of rotatable bonds is 3. The van der Waals surface area contributed by atoms with Gasteiger partial charge in [-0.3, -0.25) is 14.8 Å². The van der Waals surface area contributed by atoms with Gasteiger partial charge in [-0.15, -0.1) is 0 Å². The topological polar surface area (TPSA) is 45.6 Å². The fourth-order valence-electron chi connectivity index (χ4n) is 5.09. The zero-order chi connectivity index (χ0) is 21.2. The molecule has 1 aliphatic carbocycles. The summed E-state index contributed by atoms with van der Waals surface area (Å²) in [5, 5.41) is 0. The van der Waals surface area contributed by atoms with Crippen molar-refractivity contribution in [3.05, 3.63) is 99.6 Å². The molecule has 0 spiro atoms. The number of hydrogen-bond donors (Lipinski definition) is 0. The van der Waals surface area contributed by atoms with Gasteiger partial charge in [0.1, 0.15) is 5.82 Å². The van der Waals surface area contributed by atoms with E-state index in [-0.39, 0.29) is 17.3 Å². The van der Waals surface area contributed by atoms with Crippen LogP contribution in [0.5, 0.6) is 0 Å². The lowest BCUT2D eigenvalue weighted by Gasteiger charge is -2.37. The number of halogens is 1. The van der Waals surface area contributed by atoms with Crippen LogP contribution >= 0.6 is 0 Å². The Labute approximate surface area is 180 Å². The zero-order valence-electron chi connectivity index (χ0n) is 17.4. The number of aryl methyl sites for hydroxylation is 1. The van der Waals surface area contributed by atoms with E-state index >= 15 is 0 Å². The lowest BCUT2D eigenvalue weighted by atomic mass is 9.89. The number of carbonyl (C=O) groups is 1. The number of fused-ring (bicyclic) bond motifs is 2. The molecule has 4 nitrogen and oxygen atoms in total. The third kappa shape index (κ3) is 2.91. The van der Waals surface area contributed by atoms with Crippen molar-refractivity contribution in [1.29, 1.82) is 0 Å². The van der Waals surface area contributed by atoms with Gasteiger partial charge in [0.15, 0.2) is 0 Å². The molecule has 154 valence electrons. The highest BCUT2D eigenvalue weighted by molar-refractivity contribution is 6.15. The quantitative estimate of drug-likeness (QED) is 0.639. The van der Waals surface area contributed by atoms with Crippen molar-refractivity contribution in [1.82, 2.24) is 9.88 Å². The molecule has 6 rings (SSSR count). The van der Waals surface area contributed by atoms with Gasteiger partial charge in [0.25, 0.3) is 0 Å². The van der Waals surface area contributed by atoms with Crippen LogP contribution in [0, 0.1) is 12.7 Å². The van der Waals surface area contributed by atoms with Gasteiger partial charge in [-0.25, -0.2) is 4.39 Å². The molecule has 0 atom stereocenters. The number of aromatic nitrogens is 1. The van der Waals surface area contributed by atoms with E-state index in [0.29, 0.717) is 19.5 Å². The molecular formula is C26H22FN3O. The second-order valence-electron chi connectivity index (χ2n) is 8.82. The largest absolute Gasteiger partial charge is 0.328 e. The molecule has 1 amide bonds. The van der Waals surface area contributed by atoms with Crippen molar-refractivity contribution in [2.45, 2.75) is 44.8 Å². The van der Waals surface area contributed by atoms with Crippen LogP contribution in [0.1, 0.15) is 51.9 Å².